The molecule has 0 amide bonds. The van der Waals surface area contributed by atoms with Gasteiger partial charge in [0.15, 0.2) is 23.4 Å². The van der Waals surface area contributed by atoms with Crippen molar-refractivity contribution in [3.63, 3.8) is 0 Å². The summed E-state index contributed by atoms with van der Waals surface area (Å²) in [7, 11) is 0. The van der Waals surface area contributed by atoms with Crippen LogP contribution in [-0.4, -0.2) is 33.0 Å². The van der Waals surface area contributed by atoms with E-state index in [1.807, 2.05) is 55.5 Å². The minimum atomic E-state index is -0.356. The number of aromatic nitrogens is 4. The Balaban J connectivity index is 1.45. The molecule has 1 aliphatic heterocycles. The first-order valence-corrected chi connectivity index (χ1v) is 9.47. The third-order valence-electron chi connectivity index (χ3n) is 4.22. The maximum absolute atomic E-state index is 6.04. The molecular weight excluding hydrogens is 364 g/mol. The zero-order valence-electron chi connectivity index (χ0n) is 14.5. The average Bonchev–Trinajstić information content (AvgIpc) is 3.29. The van der Waals surface area contributed by atoms with Crippen molar-refractivity contribution < 1.29 is 14.2 Å². The van der Waals surface area contributed by atoms with Crippen LogP contribution in [0.25, 0.3) is 15.5 Å². The van der Waals surface area contributed by atoms with Gasteiger partial charge in [0, 0.05) is 5.56 Å². The van der Waals surface area contributed by atoms with Gasteiger partial charge in [-0.3, -0.25) is 0 Å². The van der Waals surface area contributed by atoms with E-state index in [0.717, 1.165) is 27.0 Å². The van der Waals surface area contributed by atoms with E-state index in [1.165, 1.54) is 11.3 Å². The smallest absolute Gasteiger partial charge is 0.235 e. The molecule has 4 aromatic rings. The zero-order valence-corrected chi connectivity index (χ0v) is 15.3. The van der Waals surface area contributed by atoms with Gasteiger partial charge in [0.05, 0.1) is 6.61 Å². The second kappa shape index (κ2) is 6.55. The predicted octanol–water partition coefficient (Wildman–Crippen LogP) is 3.76. The lowest BCUT2D eigenvalue weighted by atomic mass is 10.2. The minimum Gasteiger partial charge on any atom is -0.494 e. The Morgan fingerprint density at radius 1 is 1.11 bits per heavy atom. The van der Waals surface area contributed by atoms with Crippen LogP contribution in [0.3, 0.4) is 0 Å². The molecule has 27 heavy (non-hydrogen) atoms. The summed E-state index contributed by atoms with van der Waals surface area (Å²) in [5.41, 5.74) is 1.01. The first-order chi connectivity index (χ1) is 13.3. The van der Waals surface area contributed by atoms with Gasteiger partial charge in [0.25, 0.3) is 0 Å². The molecule has 0 saturated heterocycles. The molecule has 0 saturated carbocycles. The SMILES string of the molecule is CCOc1ccc(-c2nn3c([C@@H]4COc5ccccc5O4)nnc3s2)cc1. The molecule has 0 bridgehead atoms. The summed E-state index contributed by atoms with van der Waals surface area (Å²) in [6.45, 7) is 2.98. The third kappa shape index (κ3) is 2.87. The van der Waals surface area contributed by atoms with Crippen LogP contribution in [0.4, 0.5) is 0 Å². The number of rotatable bonds is 4. The molecule has 0 unspecified atom stereocenters. The highest BCUT2D eigenvalue weighted by Gasteiger charge is 2.28. The highest BCUT2D eigenvalue weighted by atomic mass is 32.1. The Bertz CT molecular complexity index is 1090. The predicted molar refractivity (Wildman–Crippen MR) is 101 cm³/mol. The van der Waals surface area contributed by atoms with E-state index in [2.05, 4.69) is 15.3 Å². The second-order valence-corrected chi connectivity index (χ2v) is 6.94. The van der Waals surface area contributed by atoms with Crippen molar-refractivity contribution in [3.05, 3.63) is 54.4 Å². The van der Waals surface area contributed by atoms with E-state index in [-0.39, 0.29) is 6.10 Å². The van der Waals surface area contributed by atoms with E-state index in [1.54, 1.807) is 4.52 Å². The van der Waals surface area contributed by atoms with Crippen LogP contribution < -0.4 is 14.2 Å². The zero-order chi connectivity index (χ0) is 18.2. The van der Waals surface area contributed by atoms with E-state index < -0.39 is 0 Å². The normalized spacial score (nSPS) is 15.8. The molecule has 2 aromatic heterocycles. The van der Waals surface area contributed by atoms with Gasteiger partial charge < -0.3 is 14.2 Å². The third-order valence-corrected chi connectivity index (χ3v) is 5.17. The van der Waals surface area contributed by atoms with Gasteiger partial charge in [-0.25, -0.2) is 0 Å². The summed E-state index contributed by atoms with van der Waals surface area (Å²) in [6, 6.07) is 15.5. The first-order valence-electron chi connectivity index (χ1n) is 8.65. The molecule has 0 radical (unpaired) electrons. The van der Waals surface area contributed by atoms with Crippen LogP contribution in [0, 0.1) is 0 Å². The van der Waals surface area contributed by atoms with Gasteiger partial charge in [0.1, 0.15) is 17.4 Å². The van der Waals surface area contributed by atoms with E-state index in [4.69, 9.17) is 14.2 Å². The van der Waals surface area contributed by atoms with E-state index in [9.17, 15) is 0 Å². The molecule has 1 atom stereocenters. The Kier molecular flexibility index (Phi) is 3.90. The van der Waals surface area contributed by atoms with Gasteiger partial charge in [-0.1, -0.05) is 23.5 Å². The summed E-state index contributed by atoms with van der Waals surface area (Å²) in [6.07, 6.45) is -0.356. The van der Waals surface area contributed by atoms with Gasteiger partial charge >= 0.3 is 0 Å². The summed E-state index contributed by atoms with van der Waals surface area (Å²) < 4.78 is 19.1. The number of ether oxygens (including phenoxy) is 3. The van der Waals surface area contributed by atoms with Crippen molar-refractivity contribution >= 4 is 16.3 Å². The molecule has 136 valence electrons. The molecule has 8 heteroatoms. The lowest BCUT2D eigenvalue weighted by molar-refractivity contribution is 0.0836. The van der Waals surface area contributed by atoms with Crippen molar-refractivity contribution in [2.45, 2.75) is 13.0 Å². The number of fused-ring (bicyclic) bond motifs is 2. The van der Waals surface area contributed by atoms with Crippen LogP contribution >= 0.6 is 11.3 Å². The average molecular weight is 380 g/mol. The van der Waals surface area contributed by atoms with Crippen LogP contribution in [0.5, 0.6) is 17.2 Å². The number of hydrogen-bond donors (Lipinski definition) is 0. The molecule has 3 heterocycles. The summed E-state index contributed by atoms with van der Waals surface area (Å²) in [5, 5.41) is 14.1. The standard InChI is InChI=1S/C19H16N4O3S/c1-2-24-13-9-7-12(8-10-13)18-22-23-17(20-21-19(23)27-18)16-11-25-14-5-3-4-6-15(14)26-16/h3-10,16H,2,11H2,1H3/t16-/m0/s1. The minimum absolute atomic E-state index is 0.356. The van der Waals surface area contributed by atoms with Crippen LogP contribution in [-0.2, 0) is 0 Å². The van der Waals surface area contributed by atoms with E-state index >= 15 is 0 Å². The van der Waals surface area contributed by atoms with Crippen molar-refractivity contribution in [1.29, 1.82) is 0 Å². The van der Waals surface area contributed by atoms with Gasteiger partial charge in [-0.05, 0) is 43.3 Å². The van der Waals surface area contributed by atoms with Gasteiger partial charge in [-0.15, -0.1) is 10.2 Å². The monoisotopic (exact) mass is 380 g/mol. The number of para-hydroxylation sites is 2. The molecule has 0 fully saturated rings. The molecule has 2 aromatic carbocycles. The van der Waals surface area contributed by atoms with Crippen molar-refractivity contribution in [3.8, 4) is 27.8 Å². The fourth-order valence-electron chi connectivity index (χ4n) is 2.96. The fraction of sp³-hybridized carbons (Fsp3) is 0.211. The van der Waals surface area contributed by atoms with Crippen LogP contribution in [0.2, 0.25) is 0 Å². The first kappa shape index (κ1) is 16.1. The van der Waals surface area contributed by atoms with Gasteiger partial charge in [-0.2, -0.15) is 9.61 Å². The molecule has 0 aliphatic carbocycles. The second-order valence-electron chi connectivity index (χ2n) is 5.98. The summed E-state index contributed by atoms with van der Waals surface area (Å²) in [4.78, 5) is 0.719. The van der Waals surface area contributed by atoms with Crippen LogP contribution in [0.15, 0.2) is 48.5 Å². The fourth-order valence-corrected chi connectivity index (χ4v) is 3.81. The summed E-state index contributed by atoms with van der Waals surface area (Å²) >= 11 is 1.48. The Morgan fingerprint density at radius 2 is 1.93 bits per heavy atom. The number of nitrogens with zero attached hydrogens (tertiary/aromatic N) is 4. The number of benzene rings is 2. The topological polar surface area (TPSA) is 70.8 Å². The van der Waals surface area contributed by atoms with Crippen molar-refractivity contribution in [2.24, 2.45) is 0 Å². The van der Waals surface area contributed by atoms with Crippen molar-refractivity contribution in [2.75, 3.05) is 13.2 Å². The molecule has 0 spiro atoms. The summed E-state index contributed by atoms with van der Waals surface area (Å²) in [5.74, 6) is 2.92. The number of hydrogen-bond acceptors (Lipinski definition) is 7. The lowest BCUT2D eigenvalue weighted by Crippen LogP contribution is -2.23. The molecule has 0 N–H and O–H groups in total. The highest BCUT2D eigenvalue weighted by molar-refractivity contribution is 7.19. The molecule has 5 rings (SSSR count). The highest BCUT2D eigenvalue weighted by Crippen LogP contribution is 2.36. The molecular formula is C19H16N4O3S. The Morgan fingerprint density at radius 3 is 2.74 bits per heavy atom. The molecule has 7 nitrogen and oxygen atoms in total. The quantitative estimate of drug-likeness (QED) is 0.537. The maximum Gasteiger partial charge on any atom is 0.235 e. The van der Waals surface area contributed by atoms with E-state index in [0.29, 0.717) is 24.8 Å². The Labute approximate surface area is 159 Å². The van der Waals surface area contributed by atoms with Gasteiger partial charge in [0.2, 0.25) is 4.96 Å². The lowest BCUT2D eigenvalue weighted by Gasteiger charge is -2.24. The van der Waals surface area contributed by atoms with Crippen LogP contribution in [0.1, 0.15) is 18.9 Å². The molecule has 1 aliphatic rings. The largest absolute Gasteiger partial charge is 0.494 e. The maximum atomic E-state index is 6.04. The van der Waals surface area contributed by atoms with Crippen molar-refractivity contribution in [1.82, 2.24) is 19.8 Å². The Hall–Kier alpha value is -3.13.